The number of aryl methyl sites for hydroxylation is 1. The van der Waals surface area contributed by atoms with Crippen LogP contribution in [0.25, 0.3) is 0 Å². The van der Waals surface area contributed by atoms with E-state index in [0.29, 0.717) is 12.1 Å². The predicted molar refractivity (Wildman–Crippen MR) is 79.4 cm³/mol. The van der Waals surface area contributed by atoms with E-state index in [2.05, 4.69) is 29.2 Å². The Bertz CT molecular complexity index is 429. The molecule has 1 saturated carbocycles. The summed E-state index contributed by atoms with van der Waals surface area (Å²) in [5, 5.41) is 7.72. The third-order valence-electron chi connectivity index (χ3n) is 5.02. The minimum Gasteiger partial charge on any atom is -0.360 e. The van der Waals surface area contributed by atoms with Gasteiger partial charge in [0.2, 0.25) is 0 Å². The molecule has 4 nitrogen and oxygen atoms in total. The Morgan fingerprint density at radius 2 is 2.05 bits per heavy atom. The second-order valence-corrected chi connectivity index (χ2v) is 6.84. The van der Waals surface area contributed by atoms with Crippen LogP contribution in [0.3, 0.4) is 0 Å². The molecule has 1 aliphatic heterocycles. The smallest absolute Gasteiger partial charge is 0.150 e. The van der Waals surface area contributed by atoms with Crippen LogP contribution >= 0.6 is 0 Å². The lowest BCUT2D eigenvalue weighted by atomic mass is 9.73. The maximum absolute atomic E-state index is 5.31. The van der Waals surface area contributed by atoms with Crippen LogP contribution in [-0.4, -0.2) is 35.2 Å². The first-order valence-electron chi connectivity index (χ1n) is 8.03. The molecule has 1 aromatic rings. The zero-order valence-electron chi connectivity index (χ0n) is 12.9. The third kappa shape index (κ3) is 2.91. The summed E-state index contributed by atoms with van der Waals surface area (Å²) >= 11 is 0. The highest BCUT2D eigenvalue weighted by Crippen LogP contribution is 2.35. The molecule has 2 atom stereocenters. The molecule has 0 radical (unpaired) electrons. The number of hydrogen-bond acceptors (Lipinski definition) is 4. The lowest BCUT2D eigenvalue weighted by Crippen LogP contribution is -2.58. The van der Waals surface area contributed by atoms with E-state index < -0.39 is 0 Å². The fourth-order valence-corrected chi connectivity index (χ4v) is 3.95. The van der Waals surface area contributed by atoms with Crippen molar-refractivity contribution in [2.24, 2.45) is 11.8 Å². The lowest BCUT2D eigenvalue weighted by Gasteiger charge is -2.49. The van der Waals surface area contributed by atoms with Gasteiger partial charge in [-0.05, 0) is 45.4 Å². The standard InChI is InChI=1S/C16H27N3O/c1-11(2)19-9-13-5-4-6-14(10-19)16(13)17-8-15-7-12(3)18-20-15/h7,11,13-14,16-17H,4-6,8-10H2,1-3H3. The second-order valence-electron chi connectivity index (χ2n) is 6.84. The topological polar surface area (TPSA) is 41.3 Å². The van der Waals surface area contributed by atoms with Gasteiger partial charge in [0.25, 0.3) is 0 Å². The first-order chi connectivity index (χ1) is 9.63. The Morgan fingerprint density at radius 3 is 2.60 bits per heavy atom. The van der Waals surface area contributed by atoms with Crippen LogP contribution in [-0.2, 0) is 6.54 Å². The number of piperidine rings is 1. The fourth-order valence-electron chi connectivity index (χ4n) is 3.95. The van der Waals surface area contributed by atoms with Crippen molar-refractivity contribution in [2.45, 2.75) is 58.7 Å². The van der Waals surface area contributed by atoms with Crippen molar-refractivity contribution < 1.29 is 4.52 Å². The molecule has 2 fully saturated rings. The molecule has 0 amide bonds. The zero-order valence-corrected chi connectivity index (χ0v) is 12.9. The fraction of sp³-hybridized carbons (Fsp3) is 0.812. The highest BCUT2D eigenvalue weighted by molar-refractivity contribution is 5.04. The molecule has 0 spiro atoms. The largest absolute Gasteiger partial charge is 0.360 e. The van der Waals surface area contributed by atoms with Crippen molar-refractivity contribution in [3.63, 3.8) is 0 Å². The molecule has 3 rings (SSSR count). The lowest BCUT2D eigenvalue weighted by molar-refractivity contribution is 0.0281. The Balaban J connectivity index is 1.61. The van der Waals surface area contributed by atoms with Gasteiger partial charge in [-0.25, -0.2) is 0 Å². The molecule has 2 aliphatic rings. The number of hydrogen-bond donors (Lipinski definition) is 1. The average molecular weight is 277 g/mol. The van der Waals surface area contributed by atoms with Crippen molar-refractivity contribution in [3.8, 4) is 0 Å². The maximum Gasteiger partial charge on any atom is 0.150 e. The molecule has 1 N–H and O–H groups in total. The first kappa shape index (κ1) is 14.1. The van der Waals surface area contributed by atoms with Gasteiger partial charge in [-0.1, -0.05) is 11.6 Å². The van der Waals surface area contributed by atoms with E-state index in [0.717, 1.165) is 29.8 Å². The Kier molecular flexibility index (Phi) is 4.13. The van der Waals surface area contributed by atoms with Crippen molar-refractivity contribution >= 4 is 0 Å². The number of aromatic nitrogens is 1. The van der Waals surface area contributed by atoms with Crippen molar-refractivity contribution in [2.75, 3.05) is 13.1 Å². The molecule has 1 aromatic heterocycles. The van der Waals surface area contributed by atoms with E-state index in [1.807, 2.05) is 13.0 Å². The third-order valence-corrected chi connectivity index (χ3v) is 5.02. The Morgan fingerprint density at radius 1 is 1.35 bits per heavy atom. The predicted octanol–water partition coefficient (Wildman–Crippen LogP) is 2.58. The van der Waals surface area contributed by atoms with Crippen LogP contribution in [0, 0.1) is 18.8 Å². The molecule has 2 unspecified atom stereocenters. The van der Waals surface area contributed by atoms with Crippen molar-refractivity contribution in [1.29, 1.82) is 0 Å². The van der Waals surface area contributed by atoms with Crippen molar-refractivity contribution in [3.05, 3.63) is 17.5 Å². The van der Waals surface area contributed by atoms with Gasteiger partial charge in [0.15, 0.2) is 5.76 Å². The normalized spacial score (nSPS) is 30.9. The minimum absolute atomic E-state index is 0.657. The average Bonchev–Trinajstić information content (AvgIpc) is 2.81. The van der Waals surface area contributed by atoms with Gasteiger partial charge < -0.3 is 14.7 Å². The summed E-state index contributed by atoms with van der Waals surface area (Å²) in [6.45, 7) is 9.94. The van der Waals surface area contributed by atoms with Crippen LogP contribution in [0.15, 0.2) is 10.6 Å². The summed E-state index contributed by atoms with van der Waals surface area (Å²) < 4.78 is 5.31. The van der Waals surface area contributed by atoms with Crippen LogP contribution in [0.1, 0.15) is 44.6 Å². The highest BCUT2D eigenvalue weighted by Gasteiger charge is 2.39. The molecule has 2 bridgehead atoms. The van der Waals surface area contributed by atoms with Gasteiger partial charge in [-0.15, -0.1) is 0 Å². The van der Waals surface area contributed by atoms with E-state index in [4.69, 9.17) is 4.52 Å². The quantitative estimate of drug-likeness (QED) is 0.918. The van der Waals surface area contributed by atoms with Crippen LogP contribution < -0.4 is 5.32 Å². The summed E-state index contributed by atoms with van der Waals surface area (Å²) in [4.78, 5) is 2.66. The van der Waals surface area contributed by atoms with Gasteiger partial charge in [-0.2, -0.15) is 0 Å². The molecule has 0 aromatic carbocycles. The van der Waals surface area contributed by atoms with E-state index in [1.54, 1.807) is 0 Å². The maximum atomic E-state index is 5.31. The zero-order chi connectivity index (χ0) is 14.1. The Labute approximate surface area is 121 Å². The number of rotatable bonds is 4. The summed E-state index contributed by atoms with van der Waals surface area (Å²) in [5.74, 6) is 2.56. The number of fused-ring (bicyclic) bond motifs is 2. The van der Waals surface area contributed by atoms with Gasteiger partial charge in [-0.3, -0.25) is 0 Å². The van der Waals surface area contributed by atoms with E-state index in [1.165, 1.54) is 32.4 Å². The molecular formula is C16H27N3O. The van der Waals surface area contributed by atoms with E-state index in [-0.39, 0.29) is 0 Å². The van der Waals surface area contributed by atoms with Gasteiger partial charge in [0.05, 0.1) is 12.2 Å². The van der Waals surface area contributed by atoms with Crippen LogP contribution in [0.4, 0.5) is 0 Å². The molecule has 112 valence electrons. The summed E-state index contributed by atoms with van der Waals surface area (Å²) in [5.41, 5.74) is 0.969. The van der Waals surface area contributed by atoms with Gasteiger partial charge in [0.1, 0.15) is 0 Å². The summed E-state index contributed by atoms with van der Waals surface area (Å²) in [7, 11) is 0. The number of likely N-dealkylation sites (tertiary alicyclic amines) is 1. The molecule has 1 aliphatic carbocycles. The first-order valence-corrected chi connectivity index (χ1v) is 8.03. The molecule has 20 heavy (non-hydrogen) atoms. The Hall–Kier alpha value is -0.870. The van der Waals surface area contributed by atoms with Crippen molar-refractivity contribution in [1.82, 2.24) is 15.4 Å². The van der Waals surface area contributed by atoms with Gasteiger partial charge in [0, 0.05) is 31.2 Å². The SMILES string of the molecule is Cc1cc(CNC2C3CCCC2CN(C(C)C)C3)on1. The summed E-state index contributed by atoms with van der Waals surface area (Å²) in [6.07, 6.45) is 4.14. The molecule has 1 saturated heterocycles. The van der Waals surface area contributed by atoms with Gasteiger partial charge >= 0.3 is 0 Å². The highest BCUT2D eigenvalue weighted by atomic mass is 16.5. The number of nitrogens with one attached hydrogen (secondary N) is 1. The minimum atomic E-state index is 0.657. The second kappa shape index (κ2) is 5.86. The molecule has 4 heteroatoms. The van der Waals surface area contributed by atoms with E-state index in [9.17, 15) is 0 Å². The van der Waals surface area contributed by atoms with Crippen LogP contribution in [0.5, 0.6) is 0 Å². The summed E-state index contributed by atoms with van der Waals surface area (Å²) in [6, 6.07) is 3.37. The monoisotopic (exact) mass is 277 g/mol. The molecular weight excluding hydrogens is 250 g/mol. The number of nitrogens with zero attached hydrogens (tertiary/aromatic N) is 2. The van der Waals surface area contributed by atoms with E-state index >= 15 is 0 Å². The molecule has 2 heterocycles. The van der Waals surface area contributed by atoms with Crippen LogP contribution in [0.2, 0.25) is 0 Å².